The number of rotatable bonds is 4. The first kappa shape index (κ1) is 12.2. The highest BCUT2D eigenvalue weighted by Gasteiger charge is 2.20. The van der Waals surface area contributed by atoms with Crippen molar-refractivity contribution in [1.29, 1.82) is 0 Å². The summed E-state index contributed by atoms with van der Waals surface area (Å²) in [5, 5.41) is 10.0. The molecule has 0 fully saturated rings. The van der Waals surface area contributed by atoms with E-state index in [-0.39, 0.29) is 0 Å². The zero-order chi connectivity index (χ0) is 11.5. The molecule has 1 aromatic carbocycles. The second kappa shape index (κ2) is 4.77. The van der Waals surface area contributed by atoms with Gasteiger partial charge in [0.1, 0.15) is 0 Å². The number of benzene rings is 1. The van der Waals surface area contributed by atoms with E-state index < -0.39 is 5.60 Å². The lowest BCUT2D eigenvalue weighted by Crippen LogP contribution is -2.32. The Hall–Kier alpha value is -0.860. The Morgan fingerprint density at radius 2 is 1.93 bits per heavy atom. The minimum Gasteiger partial charge on any atom is -0.387 e. The number of aryl methyl sites for hydroxylation is 2. The van der Waals surface area contributed by atoms with E-state index in [0.29, 0.717) is 13.0 Å². The summed E-state index contributed by atoms with van der Waals surface area (Å²) in [6, 6.07) is 6.28. The van der Waals surface area contributed by atoms with Crippen LogP contribution in [0, 0.1) is 13.8 Å². The average molecular weight is 208 g/mol. The molecule has 0 saturated carbocycles. The quantitative estimate of drug-likeness (QED) is 0.822. The average Bonchev–Trinajstić information content (AvgIpc) is 2.10. The minimum absolute atomic E-state index is 0.361. The highest BCUT2D eigenvalue weighted by molar-refractivity contribution is 5.30. The van der Waals surface area contributed by atoms with E-state index in [1.807, 2.05) is 0 Å². The Morgan fingerprint density at radius 1 is 1.27 bits per heavy atom. The Kier molecular flexibility index (Phi) is 3.89. The smallest absolute Gasteiger partial charge is 0.0892 e. The van der Waals surface area contributed by atoms with Crippen molar-refractivity contribution in [3.05, 3.63) is 34.9 Å². The van der Waals surface area contributed by atoms with Gasteiger partial charge in [-0.05, 0) is 37.5 Å². The second-order valence-corrected chi connectivity index (χ2v) is 4.53. The van der Waals surface area contributed by atoms with Crippen molar-refractivity contribution < 1.29 is 9.84 Å². The van der Waals surface area contributed by atoms with Crippen molar-refractivity contribution >= 4 is 0 Å². The molecule has 0 amide bonds. The topological polar surface area (TPSA) is 29.5 Å². The molecule has 0 heterocycles. The molecule has 0 spiro atoms. The lowest BCUT2D eigenvalue weighted by Gasteiger charge is -2.22. The summed E-state index contributed by atoms with van der Waals surface area (Å²) in [4.78, 5) is 0. The fourth-order valence-corrected chi connectivity index (χ4v) is 1.72. The van der Waals surface area contributed by atoms with Gasteiger partial charge in [-0.3, -0.25) is 0 Å². The van der Waals surface area contributed by atoms with Crippen LogP contribution in [0.2, 0.25) is 0 Å². The van der Waals surface area contributed by atoms with Gasteiger partial charge < -0.3 is 9.84 Å². The van der Waals surface area contributed by atoms with Crippen LogP contribution in [0.25, 0.3) is 0 Å². The Morgan fingerprint density at radius 3 is 2.47 bits per heavy atom. The summed E-state index contributed by atoms with van der Waals surface area (Å²) < 4.78 is 4.98. The zero-order valence-corrected chi connectivity index (χ0v) is 10.0. The molecule has 0 aliphatic carbocycles. The molecule has 1 aromatic rings. The van der Waals surface area contributed by atoms with E-state index in [0.717, 1.165) is 5.56 Å². The maximum absolute atomic E-state index is 10.0. The molecule has 0 aromatic heterocycles. The number of hydrogen-bond donors (Lipinski definition) is 1. The van der Waals surface area contributed by atoms with E-state index in [9.17, 15) is 5.11 Å². The van der Waals surface area contributed by atoms with Gasteiger partial charge in [-0.1, -0.05) is 18.2 Å². The molecule has 1 rings (SSSR count). The van der Waals surface area contributed by atoms with Crippen molar-refractivity contribution in [2.24, 2.45) is 0 Å². The predicted molar refractivity (Wildman–Crippen MR) is 62.1 cm³/mol. The molecule has 15 heavy (non-hydrogen) atoms. The third-order valence-corrected chi connectivity index (χ3v) is 2.61. The summed E-state index contributed by atoms with van der Waals surface area (Å²) in [7, 11) is 1.61. The van der Waals surface area contributed by atoms with E-state index in [1.54, 1.807) is 14.0 Å². The van der Waals surface area contributed by atoms with Gasteiger partial charge in [0.2, 0.25) is 0 Å². The third-order valence-electron chi connectivity index (χ3n) is 2.61. The van der Waals surface area contributed by atoms with Gasteiger partial charge in [-0.25, -0.2) is 0 Å². The monoisotopic (exact) mass is 208 g/mol. The van der Waals surface area contributed by atoms with Crippen LogP contribution in [0.4, 0.5) is 0 Å². The Labute approximate surface area is 91.9 Å². The molecule has 0 saturated heterocycles. The maximum atomic E-state index is 10.0. The number of aliphatic hydroxyl groups is 1. The van der Waals surface area contributed by atoms with Crippen molar-refractivity contribution in [1.82, 2.24) is 0 Å². The molecule has 0 aliphatic rings. The number of ether oxygens (including phenoxy) is 1. The fraction of sp³-hybridized carbons (Fsp3) is 0.538. The van der Waals surface area contributed by atoms with Gasteiger partial charge in [0.05, 0.1) is 12.2 Å². The van der Waals surface area contributed by atoms with Gasteiger partial charge in [0.15, 0.2) is 0 Å². The number of hydrogen-bond acceptors (Lipinski definition) is 2. The van der Waals surface area contributed by atoms with Gasteiger partial charge in [0, 0.05) is 13.5 Å². The molecule has 1 N–H and O–H groups in total. The Bertz CT molecular complexity index is 329. The van der Waals surface area contributed by atoms with Crippen LogP contribution in [-0.4, -0.2) is 24.4 Å². The van der Waals surface area contributed by atoms with Gasteiger partial charge in [-0.15, -0.1) is 0 Å². The molecule has 84 valence electrons. The maximum Gasteiger partial charge on any atom is 0.0892 e. The van der Waals surface area contributed by atoms with Crippen LogP contribution >= 0.6 is 0 Å². The highest BCUT2D eigenvalue weighted by Crippen LogP contribution is 2.16. The van der Waals surface area contributed by atoms with E-state index in [4.69, 9.17) is 4.74 Å². The molecule has 0 radical (unpaired) electrons. The van der Waals surface area contributed by atoms with Crippen LogP contribution in [0.15, 0.2) is 18.2 Å². The first-order valence-corrected chi connectivity index (χ1v) is 5.22. The zero-order valence-electron chi connectivity index (χ0n) is 10.0. The first-order chi connectivity index (χ1) is 6.94. The lowest BCUT2D eigenvalue weighted by molar-refractivity contribution is -0.0161. The minimum atomic E-state index is -0.781. The van der Waals surface area contributed by atoms with Gasteiger partial charge in [-0.2, -0.15) is 0 Å². The summed E-state index contributed by atoms with van der Waals surface area (Å²) in [5.41, 5.74) is 2.92. The van der Waals surface area contributed by atoms with Gasteiger partial charge in [0.25, 0.3) is 0 Å². The summed E-state index contributed by atoms with van der Waals surface area (Å²) in [5.74, 6) is 0. The van der Waals surface area contributed by atoms with Crippen molar-refractivity contribution in [2.75, 3.05) is 13.7 Å². The number of methoxy groups -OCH3 is 1. The SMILES string of the molecule is COCC(C)(O)Cc1ccc(C)c(C)c1. The van der Waals surface area contributed by atoms with Crippen LogP contribution in [-0.2, 0) is 11.2 Å². The summed E-state index contributed by atoms with van der Waals surface area (Å²) in [6.07, 6.45) is 0.627. The predicted octanol–water partition coefficient (Wildman–Crippen LogP) is 2.24. The largest absolute Gasteiger partial charge is 0.387 e. The molecular formula is C13H20O2. The van der Waals surface area contributed by atoms with Crippen molar-refractivity contribution in [3.63, 3.8) is 0 Å². The van der Waals surface area contributed by atoms with E-state index in [2.05, 4.69) is 32.0 Å². The van der Waals surface area contributed by atoms with Gasteiger partial charge >= 0.3 is 0 Å². The first-order valence-electron chi connectivity index (χ1n) is 5.22. The van der Waals surface area contributed by atoms with Crippen LogP contribution in [0.3, 0.4) is 0 Å². The molecule has 2 nitrogen and oxygen atoms in total. The Balaban J connectivity index is 2.76. The van der Waals surface area contributed by atoms with Crippen LogP contribution in [0.5, 0.6) is 0 Å². The van der Waals surface area contributed by atoms with Crippen LogP contribution in [0.1, 0.15) is 23.6 Å². The molecule has 0 aliphatic heterocycles. The van der Waals surface area contributed by atoms with E-state index >= 15 is 0 Å². The molecule has 1 atom stereocenters. The summed E-state index contributed by atoms with van der Waals surface area (Å²) >= 11 is 0. The van der Waals surface area contributed by atoms with Crippen molar-refractivity contribution in [2.45, 2.75) is 32.8 Å². The van der Waals surface area contributed by atoms with Crippen LogP contribution < -0.4 is 0 Å². The fourth-order valence-electron chi connectivity index (χ4n) is 1.72. The second-order valence-electron chi connectivity index (χ2n) is 4.53. The highest BCUT2D eigenvalue weighted by atomic mass is 16.5. The molecule has 0 bridgehead atoms. The standard InChI is InChI=1S/C13H20O2/c1-10-5-6-12(7-11(10)2)8-13(3,14)9-15-4/h5-7,14H,8-9H2,1-4H3. The normalized spacial score (nSPS) is 15.0. The van der Waals surface area contributed by atoms with E-state index in [1.165, 1.54) is 11.1 Å². The third kappa shape index (κ3) is 3.65. The van der Waals surface area contributed by atoms with Crippen molar-refractivity contribution in [3.8, 4) is 0 Å². The summed E-state index contributed by atoms with van der Waals surface area (Å²) in [6.45, 7) is 6.34. The molecular weight excluding hydrogens is 188 g/mol. The molecule has 1 unspecified atom stereocenters. The lowest BCUT2D eigenvalue weighted by atomic mass is 9.95. The molecule has 2 heteroatoms.